The van der Waals surface area contributed by atoms with Gasteiger partial charge in [-0.15, -0.1) is 0 Å². The lowest BCUT2D eigenvalue weighted by atomic mass is 10.1. The van der Waals surface area contributed by atoms with Crippen molar-refractivity contribution in [2.75, 3.05) is 33.4 Å². The van der Waals surface area contributed by atoms with Gasteiger partial charge in [0.25, 0.3) is 5.91 Å². The molecule has 1 aliphatic heterocycles. The molecule has 116 valence electrons. The molecule has 1 atom stereocenters. The van der Waals surface area contributed by atoms with E-state index in [0.717, 1.165) is 19.4 Å². The van der Waals surface area contributed by atoms with Crippen LogP contribution in [-0.2, 0) is 4.74 Å². The number of nitrogens with zero attached hydrogens (tertiary/aromatic N) is 1. The number of hydrogen-bond acceptors (Lipinski definition) is 3. The third-order valence-electron chi connectivity index (χ3n) is 3.64. The molecule has 1 N–H and O–H groups in total. The highest BCUT2D eigenvalue weighted by Crippen LogP contribution is 2.20. The van der Waals surface area contributed by atoms with Gasteiger partial charge >= 0.3 is 0 Å². The standard InChI is InChI=1S/C15H20BrFN2O2/c1-21-9-8-19(10-11-4-3-7-18-11)15(20)12-5-2-6-13(16)14(12)17/h2,5-6,11,18H,3-4,7-10H2,1H3. The molecule has 1 heterocycles. The summed E-state index contributed by atoms with van der Waals surface area (Å²) >= 11 is 3.12. The van der Waals surface area contributed by atoms with E-state index in [4.69, 9.17) is 4.74 Å². The summed E-state index contributed by atoms with van der Waals surface area (Å²) in [7, 11) is 1.59. The Balaban J connectivity index is 2.13. The van der Waals surface area contributed by atoms with Gasteiger partial charge in [0.15, 0.2) is 0 Å². The topological polar surface area (TPSA) is 41.6 Å². The van der Waals surface area contributed by atoms with Crippen LogP contribution in [0, 0.1) is 5.82 Å². The van der Waals surface area contributed by atoms with Crippen LogP contribution in [0.2, 0.25) is 0 Å². The van der Waals surface area contributed by atoms with Crippen LogP contribution in [0.1, 0.15) is 23.2 Å². The highest BCUT2D eigenvalue weighted by molar-refractivity contribution is 9.10. The van der Waals surface area contributed by atoms with Crippen LogP contribution in [0.4, 0.5) is 4.39 Å². The normalized spacial score (nSPS) is 18.0. The highest BCUT2D eigenvalue weighted by atomic mass is 79.9. The van der Waals surface area contributed by atoms with Crippen LogP contribution in [0.3, 0.4) is 0 Å². The molecule has 0 saturated carbocycles. The summed E-state index contributed by atoms with van der Waals surface area (Å²) in [5, 5.41) is 3.36. The molecule has 1 unspecified atom stereocenters. The van der Waals surface area contributed by atoms with E-state index in [0.29, 0.717) is 24.2 Å². The SMILES string of the molecule is COCCN(CC1CCCN1)C(=O)c1cccc(Br)c1F. The molecule has 0 aromatic heterocycles. The lowest BCUT2D eigenvalue weighted by Crippen LogP contribution is -2.43. The van der Waals surface area contributed by atoms with Gasteiger partial charge in [-0.1, -0.05) is 6.07 Å². The van der Waals surface area contributed by atoms with E-state index >= 15 is 0 Å². The van der Waals surface area contributed by atoms with E-state index in [1.54, 1.807) is 24.1 Å². The maximum atomic E-state index is 14.1. The second-order valence-corrected chi connectivity index (χ2v) is 5.99. The smallest absolute Gasteiger partial charge is 0.257 e. The lowest BCUT2D eigenvalue weighted by molar-refractivity contribution is 0.0674. The number of amides is 1. The van der Waals surface area contributed by atoms with Gasteiger partial charge in [-0.05, 0) is 47.4 Å². The number of carbonyl (C=O) groups is 1. The summed E-state index contributed by atoms with van der Waals surface area (Å²) in [4.78, 5) is 14.3. The monoisotopic (exact) mass is 358 g/mol. The number of nitrogens with one attached hydrogen (secondary N) is 1. The van der Waals surface area contributed by atoms with Gasteiger partial charge in [0, 0.05) is 26.2 Å². The summed E-state index contributed by atoms with van der Waals surface area (Å²) in [6.45, 7) is 2.45. The molecule has 0 bridgehead atoms. The van der Waals surface area contributed by atoms with Crippen molar-refractivity contribution in [2.24, 2.45) is 0 Å². The van der Waals surface area contributed by atoms with Gasteiger partial charge in [-0.2, -0.15) is 0 Å². The van der Waals surface area contributed by atoms with Crippen LogP contribution < -0.4 is 5.32 Å². The van der Waals surface area contributed by atoms with Gasteiger partial charge in [0.05, 0.1) is 16.6 Å². The molecule has 1 fully saturated rings. The molecule has 1 amide bonds. The minimum absolute atomic E-state index is 0.0958. The molecule has 0 radical (unpaired) electrons. The predicted molar refractivity (Wildman–Crippen MR) is 82.9 cm³/mol. The summed E-state index contributed by atoms with van der Waals surface area (Å²) in [5.74, 6) is -0.802. The molecule has 21 heavy (non-hydrogen) atoms. The second-order valence-electron chi connectivity index (χ2n) is 5.14. The van der Waals surface area contributed by atoms with E-state index in [2.05, 4.69) is 21.2 Å². The number of halogens is 2. The second kappa shape index (κ2) is 7.87. The van der Waals surface area contributed by atoms with Crippen molar-refractivity contribution in [2.45, 2.75) is 18.9 Å². The van der Waals surface area contributed by atoms with Crippen LogP contribution in [0.15, 0.2) is 22.7 Å². The Labute approximate surface area is 132 Å². The van der Waals surface area contributed by atoms with Gasteiger partial charge in [0.1, 0.15) is 5.82 Å². The van der Waals surface area contributed by atoms with Crippen molar-refractivity contribution in [3.63, 3.8) is 0 Å². The first-order valence-corrected chi connectivity index (χ1v) is 7.88. The third kappa shape index (κ3) is 4.25. The summed E-state index contributed by atoms with van der Waals surface area (Å²) in [6.07, 6.45) is 2.15. The average Bonchev–Trinajstić information content (AvgIpc) is 2.98. The summed E-state index contributed by atoms with van der Waals surface area (Å²) < 4.78 is 19.5. The van der Waals surface area contributed by atoms with Gasteiger partial charge in [-0.25, -0.2) is 4.39 Å². The number of carbonyl (C=O) groups excluding carboxylic acids is 1. The van der Waals surface area contributed by atoms with Gasteiger partial charge in [0.2, 0.25) is 0 Å². The predicted octanol–water partition coefficient (Wildman–Crippen LogP) is 2.43. The zero-order valence-electron chi connectivity index (χ0n) is 12.1. The molecule has 1 saturated heterocycles. The first-order valence-electron chi connectivity index (χ1n) is 7.09. The van der Waals surface area contributed by atoms with Crippen molar-refractivity contribution < 1.29 is 13.9 Å². The number of rotatable bonds is 6. The fourth-order valence-corrected chi connectivity index (χ4v) is 2.86. The Kier molecular flexibility index (Phi) is 6.14. The fraction of sp³-hybridized carbons (Fsp3) is 0.533. The summed E-state index contributed by atoms with van der Waals surface area (Å²) in [5.41, 5.74) is 0.0958. The zero-order chi connectivity index (χ0) is 15.2. The Morgan fingerprint density at radius 1 is 1.57 bits per heavy atom. The lowest BCUT2D eigenvalue weighted by Gasteiger charge is -2.26. The Bertz CT molecular complexity index is 493. The largest absolute Gasteiger partial charge is 0.383 e. The molecule has 1 aromatic carbocycles. The van der Waals surface area contributed by atoms with Crippen LogP contribution in [0.25, 0.3) is 0 Å². The minimum atomic E-state index is -0.510. The van der Waals surface area contributed by atoms with Crippen molar-refractivity contribution in [3.8, 4) is 0 Å². The molecule has 0 aliphatic carbocycles. The first kappa shape index (κ1) is 16.4. The Morgan fingerprint density at radius 3 is 3.05 bits per heavy atom. The molecule has 4 nitrogen and oxygen atoms in total. The van der Waals surface area contributed by atoms with E-state index in [1.165, 1.54) is 6.07 Å². The van der Waals surface area contributed by atoms with Crippen LogP contribution in [0.5, 0.6) is 0 Å². The number of benzene rings is 1. The third-order valence-corrected chi connectivity index (χ3v) is 4.25. The van der Waals surface area contributed by atoms with Crippen molar-refractivity contribution in [3.05, 3.63) is 34.1 Å². The number of hydrogen-bond donors (Lipinski definition) is 1. The molecule has 1 aliphatic rings. The zero-order valence-corrected chi connectivity index (χ0v) is 13.7. The molecular weight excluding hydrogens is 339 g/mol. The van der Waals surface area contributed by atoms with E-state index < -0.39 is 5.82 Å². The van der Waals surface area contributed by atoms with E-state index in [9.17, 15) is 9.18 Å². The Hall–Kier alpha value is -0.980. The van der Waals surface area contributed by atoms with Crippen LogP contribution >= 0.6 is 15.9 Å². The average molecular weight is 359 g/mol. The number of methoxy groups -OCH3 is 1. The molecule has 0 spiro atoms. The number of ether oxygens (including phenoxy) is 1. The van der Waals surface area contributed by atoms with Gasteiger partial charge < -0.3 is 15.0 Å². The molecule has 6 heteroatoms. The molecule has 1 aromatic rings. The summed E-state index contributed by atoms with van der Waals surface area (Å²) in [6, 6.07) is 5.05. The first-order chi connectivity index (χ1) is 10.1. The minimum Gasteiger partial charge on any atom is -0.383 e. The van der Waals surface area contributed by atoms with Gasteiger partial charge in [-0.3, -0.25) is 4.79 Å². The van der Waals surface area contributed by atoms with Crippen molar-refractivity contribution in [1.82, 2.24) is 10.2 Å². The maximum absolute atomic E-state index is 14.1. The molecule has 2 rings (SSSR count). The van der Waals surface area contributed by atoms with Crippen molar-refractivity contribution in [1.29, 1.82) is 0 Å². The Morgan fingerprint density at radius 2 is 2.38 bits per heavy atom. The maximum Gasteiger partial charge on any atom is 0.257 e. The highest BCUT2D eigenvalue weighted by Gasteiger charge is 2.24. The quantitative estimate of drug-likeness (QED) is 0.848. The fourth-order valence-electron chi connectivity index (χ4n) is 2.50. The molecular formula is C15H20BrFN2O2. The van der Waals surface area contributed by atoms with E-state index in [-0.39, 0.29) is 17.5 Å². The van der Waals surface area contributed by atoms with Crippen LogP contribution in [-0.4, -0.2) is 50.2 Å². The van der Waals surface area contributed by atoms with Crippen molar-refractivity contribution >= 4 is 21.8 Å². The van der Waals surface area contributed by atoms with E-state index in [1.807, 2.05) is 0 Å².